The van der Waals surface area contributed by atoms with Gasteiger partial charge in [-0.05, 0) is 48.5 Å². The molecule has 0 aliphatic heterocycles. The highest BCUT2D eigenvalue weighted by Crippen LogP contribution is 2.25. The molecule has 0 heterocycles. The van der Waals surface area contributed by atoms with Gasteiger partial charge in [0.15, 0.2) is 0 Å². The van der Waals surface area contributed by atoms with Gasteiger partial charge in [0.05, 0.1) is 0 Å². The van der Waals surface area contributed by atoms with E-state index in [1.54, 1.807) is 43.2 Å². The molecule has 0 bridgehead atoms. The highest BCUT2D eigenvalue weighted by molar-refractivity contribution is 7.99. The number of hydrogen-bond donors (Lipinski definition) is 2. The number of hydrogen-bond acceptors (Lipinski definition) is 4. The zero-order valence-corrected chi connectivity index (χ0v) is 14.1. The molecule has 2 aromatic carbocycles. The van der Waals surface area contributed by atoms with Crippen molar-refractivity contribution in [3.8, 4) is 11.8 Å². The summed E-state index contributed by atoms with van der Waals surface area (Å²) in [7, 11) is 1.69. The average molecular weight is 339 g/mol. The quantitative estimate of drug-likeness (QED) is 0.388. The van der Waals surface area contributed by atoms with Gasteiger partial charge >= 0.3 is 0 Å². The molecule has 3 nitrogen and oxygen atoms in total. The monoisotopic (exact) mass is 339 g/mol. The van der Waals surface area contributed by atoms with Gasteiger partial charge in [0, 0.05) is 46.4 Å². The van der Waals surface area contributed by atoms with Crippen LogP contribution in [0.15, 0.2) is 64.1 Å². The Morgan fingerprint density at radius 1 is 1.21 bits per heavy atom. The van der Waals surface area contributed by atoms with Gasteiger partial charge < -0.3 is 11.5 Å². The number of nitrogens with zero attached hydrogens (tertiary/aromatic N) is 1. The lowest BCUT2D eigenvalue weighted by Gasteiger charge is -2.06. The van der Waals surface area contributed by atoms with E-state index in [0.717, 1.165) is 21.7 Å². The zero-order valence-electron chi connectivity index (χ0n) is 13.3. The van der Waals surface area contributed by atoms with Crippen LogP contribution in [0.25, 0.3) is 0 Å². The Hall–Kier alpha value is -2.71. The summed E-state index contributed by atoms with van der Waals surface area (Å²) in [6.07, 6.45) is 3.43. The maximum absolute atomic E-state index is 12.9. The molecule has 0 spiro atoms. The van der Waals surface area contributed by atoms with Crippen LogP contribution in [0.2, 0.25) is 0 Å². The van der Waals surface area contributed by atoms with E-state index in [9.17, 15) is 4.39 Å². The molecule has 0 amide bonds. The van der Waals surface area contributed by atoms with Crippen LogP contribution in [0.3, 0.4) is 0 Å². The van der Waals surface area contributed by atoms with Crippen LogP contribution in [0.1, 0.15) is 11.1 Å². The van der Waals surface area contributed by atoms with Crippen molar-refractivity contribution in [2.45, 2.75) is 4.90 Å². The van der Waals surface area contributed by atoms with E-state index in [2.05, 4.69) is 16.8 Å². The lowest BCUT2D eigenvalue weighted by Crippen LogP contribution is -2.00. The number of halogens is 1. The second-order valence-corrected chi connectivity index (χ2v) is 5.97. The average Bonchev–Trinajstić information content (AvgIpc) is 2.58. The van der Waals surface area contributed by atoms with Gasteiger partial charge in [0.1, 0.15) is 5.82 Å². The van der Waals surface area contributed by atoms with Gasteiger partial charge in [-0.3, -0.25) is 4.99 Å². The molecule has 0 saturated carbocycles. The standard InChI is InChI=1S/C19H18FN3S/c1-23-11-10-18(22)13-24-19-9-8-17(21)12-15(19)5-2-14-3-6-16(20)7-4-14/h3-4,6-12H,13,21-22H2,1H3/b18-10-,23-11?. The SMILES string of the molecule is CN=C/C=C(\N)CSc1ccc(N)cc1C#Cc1ccc(F)cc1. The third-order valence-corrected chi connectivity index (χ3v) is 4.17. The molecule has 2 aromatic rings. The summed E-state index contributed by atoms with van der Waals surface area (Å²) in [5.41, 5.74) is 14.7. The molecule has 4 N–H and O–H groups in total. The van der Waals surface area contributed by atoms with Gasteiger partial charge in [0.2, 0.25) is 0 Å². The summed E-state index contributed by atoms with van der Waals surface area (Å²) in [6, 6.07) is 11.7. The minimum absolute atomic E-state index is 0.279. The van der Waals surface area contributed by atoms with Crippen molar-refractivity contribution in [1.82, 2.24) is 0 Å². The van der Waals surface area contributed by atoms with Crippen LogP contribution < -0.4 is 11.5 Å². The first-order valence-electron chi connectivity index (χ1n) is 7.25. The van der Waals surface area contributed by atoms with E-state index < -0.39 is 0 Å². The lowest BCUT2D eigenvalue weighted by atomic mass is 10.1. The van der Waals surface area contributed by atoms with E-state index in [-0.39, 0.29) is 5.82 Å². The van der Waals surface area contributed by atoms with Crippen molar-refractivity contribution in [2.24, 2.45) is 10.7 Å². The van der Waals surface area contributed by atoms with Crippen molar-refractivity contribution in [1.29, 1.82) is 0 Å². The van der Waals surface area contributed by atoms with Crippen molar-refractivity contribution < 1.29 is 4.39 Å². The largest absolute Gasteiger partial charge is 0.401 e. The fourth-order valence-electron chi connectivity index (χ4n) is 1.82. The Balaban J connectivity index is 2.20. The summed E-state index contributed by atoms with van der Waals surface area (Å²) < 4.78 is 12.9. The molecule has 2 rings (SSSR count). The highest BCUT2D eigenvalue weighted by Gasteiger charge is 2.03. The van der Waals surface area contributed by atoms with Crippen LogP contribution >= 0.6 is 11.8 Å². The minimum atomic E-state index is -0.279. The normalized spacial score (nSPS) is 11.3. The number of aliphatic imine (C=N–C) groups is 1. The van der Waals surface area contributed by atoms with Crippen molar-refractivity contribution in [3.05, 3.63) is 71.2 Å². The molecule has 0 unspecified atom stereocenters. The number of thioether (sulfide) groups is 1. The van der Waals surface area contributed by atoms with Gasteiger partial charge in [0.25, 0.3) is 0 Å². The molecule has 0 radical (unpaired) electrons. The third kappa shape index (κ3) is 5.49. The number of nitrogen functional groups attached to an aromatic ring is 1. The van der Waals surface area contributed by atoms with E-state index >= 15 is 0 Å². The number of allylic oxidation sites excluding steroid dienone is 1. The molecule has 0 aromatic heterocycles. The molecule has 122 valence electrons. The molecule has 0 atom stereocenters. The number of anilines is 1. The van der Waals surface area contributed by atoms with Crippen molar-refractivity contribution >= 4 is 23.7 Å². The van der Waals surface area contributed by atoms with Gasteiger partial charge in [-0.25, -0.2) is 4.39 Å². The van der Waals surface area contributed by atoms with Crippen LogP contribution in [0, 0.1) is 17.7 Å². The molecule has 5 heteroatoms. The number of nitrogens with two attached hydrogens (primary N) is 2. The third-order valence-electron chi connectivity index (χ3n) is 3.02. The van der Waals surface area contributed by atoms with Crippen LogP contribution in [-0.2, 0) is 0 Å². The summed E-state index contributed by atoms with van der Waals surface area (Å²) in [4.78, 5) is 4.86. The molecule has 24 heavy (non-hydrogen) atoms. The maximum Gasteiger partial charge on any atom is 0.123 e. The first kappa shape index (κ1) is 17.6. The molecular weight excluding hydrogens is 321 g/mol. The molecule has 0 aliphatic rings. The molecule has 0 fully saturated rings. The summed E-state index contributed by atoms with van der Waals surface area (Å²) in [5.74, 6) is 6.47. The molecule has 0 aliphatic carbocycles. The van der Waals surface area contributed by atoms with Crippen molar-refractivity contribution in [2.75, 3.05) is 18.5 Å². The van der Waals surface area contributed by atoms with Crippen LogP contribution in [-0.4, -0.2) is 19.0 Å². The summed E-state index contributed by atoms with van der Waals surface area (Å²) in [6.45, 7) is 0. The van der Waals surface area contributed by atoms with E-state index in [4.69, 9.17) is 11.5 Å². The predicted molar refractivity (Wildman–Crippen MR) is 101 cm³/mol. The lowest BCUT2D eigenvalue weighted by molar-refractivity contribution is 0.627. The minimum Gasteiger partial charge on any atom is -0.401 e. The smallest absolute Gasteiger partial charge is 0.123 e. The number of benzene rings is 2. The fraction of sp³-hybridized carbons (Fsp3) is 0.105. The predicted octanol–water partition coefficient (Wildman–Crippen LogP) is 3.44. The Morgan fingerprint density at radius 2 is 1.96 bits per heavy atom. The fourth-order valence-corrected chi connectivity index (χ4v) is 2.67. The topological polar surface area (TPSA) is 64.4 Å². The van der Waals surface area contributed by atoms with Gasteiger partial charge in [-0.15, -0.1) is 11.8 Å². The van der Waals surface area contributed by atoms with Crippen LogP contribution in [0.4, 0.5) is 10.1 Å². The van der Waals surface area contributed by atoms with E-state index in [1.165, 1.54) is 12.1 Å². The van der Waals surface area contributed by atoms with Crippen LogP contribution in [0.5, 0.6) is 0 Å². The second-order valence-electron chi connectivity index (χ2n) is 4.95. The van der Waals surface area contributed by atoms with Gasteiger partial charge in [-0.2, -0.15) is 0 Å². The zero-order chi connectivity index (χ0) is 17.4. The first-order chi connectivity index (χ1) is 11.6. The van der Waals surface area contributed by atoms with E-state index in [1.807, 2.05) is 18.2 Å². The van der Waals surface area contributed by atoms with Crippen molar-refractivity contribution in [3.63, 3.8) is 0 Å². The highest BCUT2D eigenvalue weighted by atomic mass is 32.2. The Morgan fingerprint density at radius 3 is 2.67 bits per heavy atom. The molecular formula is C19H18FN3S. The summed E-state index contributed by atoms with van der Waals surface area (Å²) in [5, 5.41) is 0. The summed E-state index contributed by atoms with van der Waals surface area (Å²) >= 11 is 1.58. The molecule has 0 saturated heterocycles. The Bertz CT molecular complexity index is 815. The van der Waals surface area contributed by atoms with E-state index in [0.29, 0.717) is 11.4 Å². The second kappa shape index (κ2) is 8.80. The number of rotatable bonds is 4. The maximum atomic E-state index is 12.9. The first-order valence-corrected chi connectivity index (χ1v) is 8.24. The Kier molecular flexibility index (Phi) is 6.47. The Labute approximate surface area is 145 Å². The van der Waals surface area contributed by atoms with Gasteiger partial charge in [-0.1, -0.05) is 11.8 Å².